The van der Waals surface area contributed by atoms with Crippen molar-refractivity contribution >= 4 is 22.0 Å². The summed E-state index contributed by atoms with van der Waals surface area (Å²) in [6.07, 6.45) is 6.55. The third-order valence-corrected chi connectivity index (χ3v) is 8.85. The van der Waals surface area contributed by atoms with Gasteiger partial charge in [0.25, 0.3) is 0 Å². The minimum atomic E-state index is -5.05. The number of Topliss-reactive ketones (excluding diaryl/α,β-unsaturated/α-hetero) is 1. The average molecular weight is 462 g/mol. The number of carbonyl (C=O) groups excluding carboxylic acids is 2. The normalized spacial score (nSPS) is 43.9. The first-order valence-corrected chi connectivity index (χ1v) is 11.6. The second kappa shape index (κ2) is 8.13. The van der Waals surface area contributed by atoms with Crippen LogP contribution in [-0.4, -0.2) is 53.1 Å². The largest absolute Gasteiger partial charge is 1.00 e. The van der Waals surface area contributed by atoms with Gasteiger partial charge in [-0.05, 0) is 56.1 Å². The van der Waals surface area contributed by atoms with Crippen molar-refractivity contribution in [3.05, 3.63) is 23.8 Å². The summed E-state index contributed by atoms with van der Waals surface area (Å²) in [5.41, 5.74) is -2.28. The average Bonchev–Trinajstić information content (AvgIpc) is 2.91. The molecule has 0 radical (unpaired) electrons. The van der Waals surface area contributed by atoms with E-state index in [-0.39, 0.29) is 65.9 Å². The fourth-order valence-electron chi connectivity index (χ4n) is 7.03. The molecule has 0 spiro atoms. The summed E-state index contributed by atoms with van der Waals surface area (Å²) in [5, 5.41) is 22.6. The van der Waals surface area contributed by atoms with E-state index in [4.69, 9.17) is 0 Å². The van der Waals surface area contributed by atoms with Crippen LogP contribution in [0.1, 0.15) is 46.0 Å². The zero-order chi connectivity index (χ0) is 22.1. The zero-order valence-corrected chi connectivity index (χ0v) is 20.9. The summed E-state index contributed by atoms with van der Waals surface area (Å²) in [5.74, 6) is -1.07. The Bertz CT molecular complexity index is 958. The van der Waals surface area contributed by atoms with E-state index < -0.39 is 45.3 Å². The van der Waals surface area contributed by atoms with Crippen LogP contribution in [0, 0.1) is 28.6 Å². The van der Waals surface area contributed by atoms with Crippen molar-refractivity contribution in [2.75, 3.05) is 6.61 Å². The Morgan fingerprint density at radius 2 is 2.00 bits per heavy atom. The SMILES string of the molecule is C[C@]12C=CC(=O)C=C1CCC1C2C(O)C[C@@]2(C)C1CC[C@]2(O)C(=O)COS(=O)(=O)[O-].[Na+]. The van der Waals surface area contributed by atoms with Crippen LogP contribution >= 0.6 is 0 Å². The maximum absolute atomic E-state index is 12.7. The summed E-state index contributed by atoms with van der Waals surface area (Å²) in [6, 6.07) is 0. The van der Waals surface area contributed by atoms with Gasteiger partial charge in [0.1, 0.15) is 12.2 Å². The number of allylic oxidation sites excluding steroid dienone is 4. The van der Waals surface area contributed by atoms with Crippen LogP contribution < -0.4 is 29.6 Å². The molecule has 2 N–H and O–H groups in total. The number of rotatable bonds is 4. The third kappa shape index (κ3) is 3.85. The molecule has 0 aliphatic heterocycles. The van der Waals surface area contributed by atoms with Crippen LogP contribution in [0.4, 0.5) is 0 Å². The molecule has 3 fully saturated rings. The molecule has 0 aromatic heterocycles. The van der Waals surface area contributed by atoms with E-state index in [1.165, 1.54) is 0 Å². The van der Waals surface area contributed by atoms with Gasteiger partial charge in [0.15, 0.2) is 11.6 Å². The van der Waals surface area contributed by atoms with Crippen LogP contribution in [-0.2, 0) is 24.2 Å². The molecule has 4 unspecified atom stereocenters. The molecule has 4 rings (SSSR count). The maximum atomic E-state index is 12.7. The Morgan fingerprint density at radius 1 is 1.32 bits per heavy atom. The van der Waals surface area contributed by atoms with Crippen LogP contribution in [0.5, 0.6) is 0 Å². The van der Waals surface area contributed by atoms with Gasteiger partial charge in [-0.25, -0.2) is 8.42 Å². The molecule has 3 saturated carbocycles. The summed E-state index contributed by atoms with van der Waals surface area (Å²) in [6.45, 7) is 2.79. The number of aliphatic hydroxyl groups is 2. The van der Waals surface area contributed by atoms with Crippen LogP contribution in [0.2, 0.25) is 0 Å². The first-order valence-electron chi connectivity index (χ1n) is 10.3. The first kappa shape index (κ1) is 25.2. The van der Waals surface area contributed by atoms with E-state index in [1.54, 1.807) is 19.1 Å². The van der Waals surface area contributed by atoms with Crippen molar-refractivity contribution in [1.29, 1.82) is 0 Å². The summed E-state index contributed by atoms with van der Waals surface area (Å²) in [4.78, 5) is 24.6. The molecule has 8 nitrogen and oxygen atoms in total. The van der Waals surface area contributed by atoms with Gasteiger partial charge in [0.2, 0.25) is 10.4 Å². The number of ketones is 2. The molecule has 4 aliphatic carbocycles. The molecular formula is C21H27NaO8S. The van der Waals surface area contributed by atoms with E-state index in [1.807, 2.05) is 13.0 Å². The Kier molecular flexibility index (Phi) is 6.62. The second-order valence-corrected chi connectivity index (χ2v) is 10.8. The minimum absolute atomic E-state index is 0. The monoisotopic (exact) mass is 462 g/mol. The van der Waals surface area contributed by atoms with E-state index in [9.17, 15) is 32.8 Å². The summed E-state index contributed by atoms with van der Waals surface area (Å²) in [7, 11) is -5.05. The number of aliphatic hydroxyl groups excluding tert-OH is 1. The Labute approximate surface area is 204 Å². The predicted octanol–water partition coefficient (Wildman–Crippen LogP) is -1.95. The summed E-state index contributed by atoms with van der Waals surface area (Å²) >= 11 is 0. The van der Waals surface area contributed by atoms with Gasteiger partial charge >= 0.3 is 29.6 Å². The standard InChI is InChI=1S/C21H28O8S.Na/c1-19-7-5-13(22)9-12(19)3-4-14-15-6-8-21(25,17(24)11-29-30(26,27)28)20(15,2)10-16(23)18(14)19;/h5,7,9,14-16,18,23,25H,3-4,6,8,10-11H2,1-2H3,(H,26,27,28);/q;+1/p-1/t14?,15?,16?,18?,19-,20-,21-;/m0./s1. The molecule has 0 aromatic carbocycles. The molecule has 31 heavy (non-hydrogen) atoms. The Hall–Kier alpha value is -0.390. The van der Waals surface area contributed by atoms with Gasteiger partial charge in [0.05, 0.1) is 6.10 Å². The number of fused-ring (bicyclic) bond motifs is 5. The van der Waals surface area contributed by atoms with Crippen molar-refractivity contribution in [3.8, 4) is 0 Å². The van der Waals surface area contributed by atoms with Gasteiger partial charge in [-0.3, -0.25) is 13.8 Å². The summed E-state index contributed by atoms with van der Waals surface area (Å²) < 4.78 is 36.4. The van der Waals surface area contributed by atoms with Crippen molar-refractivity contribution in [2.45, 2.75) is 57.7 Å². The molecule has 0 saturated heterocycles. The Balaban J connectivity index is 0.00000272. The van der Waals surface area contributed by atoms with Gasteiger partial charge < -0.3 is 14.8 Å². The van der Waals surface area contributed by atoms with Gasteiger partial charge in [0, 0.05) is 16.7 Å². The van der Waals surface area contributed by atoms with E-state index in [0.29, 0.717) is 12.8 Å². The molecule has 166 valence electrons. The second-order valence-electron chi connectivity index (χ2n) is 9.70. The molecule has 0 amide bonds. The minimum Gasteiger partial charge on any atom is -0.726 e. The molecule has 7 atom stereocenters. The van der Waals surface area contributed by atoms with Crippen LogP contribution in [0.15, 0.2) is 23.8 Å². The van der Waals surface area contributed by atoms with E-state index in [2.05, 4.69) is 4.18 Å². The fourth-order valence-corrected chi connectivity index (χ4v) is 7.29. The van der Waals surface area contributed by atoms with Crippen LogP contribution in [0.25, 0.3) is 0 Å². The topological polar surface area (TPSA) is 141 Å². The molecule has 0 bridgehead atoms. The maximum Gasteiger partial charge on any atom is 1.00 e. The molecule has 0 aromatic rings. The van der Waals surface area contributed by atoms with Crippen molar-refractivity contribution in [2.24, 2.45) is 28.6 Å². The number of hydrogen-bond donors (Lipinski definition) is 2. The smallest absolute Gasteiger partial charge is 0.726 e. The molecule has 0 heterocycles. The van der Waals surface area contributed by atoms with Crippen molar-refractivity contribution in [1.82, 2.24) is 0 Å². The predicted molar refractivity (Wildman–Crippen MR) is 104 cm³/mol. The Morgan fingerprint density at radius 3 is 2.65 bits per heavy atom. The van der Waals surface area contributed by atoms with Gasteiger partial charge in [-0.1, -0.05) is 25.5 Å². The zero-order valence-electron chi connectivity index (χ0n) is 18.0. The quantitative estimate of drug-likeness (QED) is 0.279. The van der Waals surface area contributed by atoms with Crippen LogP contribution in [0.3, 0.4) is 0 Å². The van der Waals surface area contributed by atoms with Crippen molar-refractivity contribution in [3.63, 3.8) is 0 Å². The van der Waals surface area contributed by atoms with Gasteiger partial charge in [-0.2, -0.15) is 0 Å². The fraction of sp³-hybridized carbons (Fsp3) is 0.714. The van der Waals surface area contributed by atoms with E-state index >= 15 is 0 Å². The third-order valence-electron chi connectivity index (χ3n) is 8.44. The number of hydrogen-bond acceptors (Lipinski definition) is 8. The first-order chi connectivity index (χ1) is 13.8. The molecule has 10 heteroatoms. The van der Waals surface area contributed by atoms with Gasteiger partial charge in [-0.15, -0.1) is 0 Å². The molecule has 4 aliphatic rings. The molecular weight excluding hydrogens is 435 g/mol. The van der Waals surface area contributed by atoms with Crippen molar-refractivity contribution < 1.29 is 66.5 Å². The number of carbonyl (C=O) groups is 2. The van der Waals surface area contributed by atoms with E-state index in [0.717, 1.165) is 12.0 Å².